The highest BCUT2D eigenvalue weighted by atomic mass is 19.1. The van der Waals surface area contributed by atoms with Crippen molar-refractivity contribution in [1.82, 2.24) is 10.3 Å². The zero-order chi connectivity index (χ0) is 21.8. The molecule has 30 heavy (non-hydrogen) atoms. The van der Waals surface area contributed by atoms with Crippen molar-refractivity contribution in [2.24, 2.45) is 0 Å². The van der Waals surface area contributed by atoms with Crippen molar-refractivity contribution in [2.75, 3.05) is 6.61 Å². The van der Waals surface area contributed by atoms with E-state index in [2.05, 4.69) is 10.3 Å². The van der Waals surface area contributed by atoms with E-state index in [0.717, 1.165) is 12.1 Å². The number of hydrogen-bond acceptors (Lipinski definition) is 3. The Morgan fingerprint density at radius 1 is 1.07 bits per heavy atom. The molecule has 4 N–H and O–H groups in total. The number of aliphatic carboxylic acids is 1. The van der Waals surface area contributed by atoms with Crippen molar-refractivity contribution in [3.8, 4) is 11.3 Å². The van der Waals surface area contributed by atoms with Gasteiger partial charge in [0.1, 0.15) is 23.5 Å². The fraction of sp³-hybridized carbons (Fsp3) is 0.238. The number of aliphatic hydroxyl groups excluding tert-OH is 1. The van der Waals surface area contributed by atoms with Gasteiger partial charge in [-0.15, -0.1) is 0 Å². The first-order valence-electron chi connectivity index (χ1n) is 9.18. The van der Waals surface area contributed by atoms with Crippen molar-refractivity contribution in [3.05, 3.63) is 59.4 Å². The maximum atomic E-state index is 14.3. The summed E-state index contributed by atoms with van der Waals surface area (Å²) in [7, 11) is 0. The van der Waals surface area contributed by atoms with Gasteiger partial charge in [-0.1, -0.05) is 0 Å². The van der Waals surface area contributed by atoms with Gasteiger partial charge in [0, 0.05) is 36.6 Å². The molecule has 0 bridgehead atoms. The van der Waals surface area contributed by atoms with Crippen LogP contribution >= 0.6 is 0 Å². The summed E-state index contributed by atoms with van der Waals surface area (Å²) in [5.74, 6) is -3.92. The normalized spacial score (nSPS) is 12.1. The predicted molar refractivity (Wildman–Crippen MR) is 103 cm³/mol. The Morgan fingerprint density at radius 3 is 2.40 bits per heavy atom. The molecule has 1 aromatic heterocycles. The molecular weight excluding hydrogens is 401 g/mol. The highest BCUT2D eigenvalue weighted by molar-refractivity contribution is 5.92. The zero-order valence-electron chi connectivity index (χ0n) is 15.7. The fourth-order valence-electron chi connectivity index (χ4n) is 3.29. The van der Waals surface area contributed by atoms with Crippen LogP contribution in [0.1, 0.15) is 18.4 Å². The number of amides is 1. The summed E-state index contributed by atoms with van der Waals surface area (Å²) in [4.78, 5) is 26.2. The van der Waals surface area contributed by atoms with Crippen LogP contribution < -0.4 is 5.32 Å². The monoisotopic (exact) mass is 420 g/mol. The summed E-state index contributed by atoms with van der Waals surface area (Å²) < 4.78 is 41.4. The topological polar surface area (TPSA) is 102 Å². The van der Waals surface area contributed by atoms with Crippen LogP contribution in [0.25, 0.3) is 22.2 Å². The highest BCUT2D eigenvalue weighted by Crippen LogP contribution is 2.33. The van der Waals surface area contributed by atoms with Gasteiger partial charge in [-0.3, -0.25) is 4.79 Å². The van der Waals surface area contributed by atoms with E-state index in [0.29, 0.717) is 16.8 Å². The molecule has 3 aromatic rings. The molecule has 0 aliphatic carbocycles. The number of carboxylic acids is 1. The average molecular weight is 420 g/mol. The molecular formula is C21H19F3N2O4. The molecule has 3 rings (SSSR count). The summed E-state index contributed by atoms with van der Waals surface area (Å²) in [5.41, 5.74) is 1.42. The maximum absolute atomic E-state index is 14.3. The van der Waals surface area contributed by atoms with E-state index in [1.54, 1.807) is 0 Å². The van der Waals surface area contributed by atoms with Crippen LogP contribution in [0.2, 0.25) is 0 Å². The average Bonchev–Trinajstić information content (AvgIpc) is 3.05. The van der Waals surface area contributed by atoms with E-state index < -0.39 is 42.0 Å². The van der Waals surface area contributed by atoms with Gasteiger partial charge < -0.3 is 20.5 Å². The number of aliphatic hydroxyl groups is 1. The van der Waals surface area contributed by atoms with E-state index in [1.165, 1.54) is 24.3 Å². The highest BCUT2D eigenvalue weighted by Gasteiger charge is 2.21. The van der Waals surface area contributed by atoms with Crippen LogP contribution in [0, 0.1) is 17.5 Å². The first-order chi connectivity index (χ1) is 14.3. The van der Waals surface area contributed by atoms with Crippen molar-refractivity contribution in [3.63, 3.8) is 0 Å². The molecule has 1 atom stereocenters. The molecule has 0 saturated heterocycles. The lowest BCUT2D eigenvalue weighted by atomic mass is 10.0. The lowest BCUT2D eigenvalue weighted by Crippen LogP contribution is -2.41. The first-order valence-corrected chi connectivity index (χ1v) is 9.18. The van der Waals surface area contributed by atoms with Gasteiger partial charge in [0.15, 0.2) is 0 Å². The Labute approximate surface area is 169 Å². The van der Waals surface area contributed by atoms with Crippen LogP contribution in [0.3, 0.4) is 0 Å². The number of benzene rings is 2. The number of aromatic amines is 1. The van der Waals surface area contributed by atoms with E-state index in [1.807, 2.05) is 0 Å². The second-order valence-electron chi connectivity index (χ2n) is 6.77. The number of H-pyrrole nitrogens is 1. The number of aryl methyl sites for hydroxylation is 1. The zero-order valence-corrected chi connectivity index (χ0v) is 15.7. The molecule has 0 spiro atoms. The number of nitrogens with one attached hydrogen (secondary N) is 2. The van der Waals surface area contributed by atoms with E-state index in [9.17, 15) is 22.8 Å². The van der Waals surface area contributed by atoms with E-state index in [4.69, 9.17) is 10.2 Å². The van der Waals surface area contributed by atoms with Crippen molar-refractivity contribution in [2.45, 2.75) is 25.3 Å². The maximum Gasteiger partial charge on any atom is 0.326 e. The summed E-state index contributed by atoms with van der Waals surface area (Å²) in [6.45, 7) is -0.410. The Morgan fingerprint density at radius 2 is 1.77 bits per heavy atom. The molecule has 1 unspecified atom stereocenters. The minimum absolute atomic E-state index is 0.0485. The van der Waals surface area contributed by atoms with Gasteiger partial charge in [-0.05, 0) is 47.9 Å². The third kappa shape index (κ3) is 4.62. The Bertz CT molecular complexity index is 1080. The van der Waals surface area contributed by atoms with Gasteiger partial charge in [-0.2, -0.15) is 0 Å². The van der Waals surface area contributed by atoms with Gasteiger partial charge in [-0.25, -0.2) is 18.0 Å². The molecule has 2 aromatic carbocycles. The molecule has 6 nitrogen and oxygen atoms in total. The Hall–Kier alpha value is -3.33. The minimum atomic E-state index is -1.28. The van der Waals surface area contributed by atoms with Crippen molar-refractivity contribution < 1.29 is 33.0 Å². The summed E-state index contributed by atoms with van der Waals surface area (Å²) in [6, 6.07) is 6.02. The second-order valence-corrected chi connectivity index (χ2v) is 6.77. The molecule has 0 fully saturated rings. The Balaban J connectivity index is 1.93. The lowest BCUT2D eigenvalue weighted by Gasteiger charge is -2.13. The largest absolute Gasteiger partial charge is 0.480 e. The van der Waals surface area contributed by atoms with E-state index >= 15 is 0 Å². The SMILES string of the molecule is O=C(CCc1c(-c2ccc(F)cc2)[nH]c2c(F)cc(F)cc12)NC(CCO)C(=O)O. The number of rotatable bonds is 8. The number of carbonyl (C=O) groups excluding carboxylic acids is 1. The standard InChI is InChI=1S/C21H19F3N2O4/c22-12-3-1-11(2-4-12)19-14(15-9-13(23)10-16(24)20(15)26-19)5-6-18(28)25-17(7-8-27)21(29)30/h1-4,9-10,17,26-27H,5-8H2,(H,25,28)(H,29,30). The minimum Gasteiger partial charge on any atom is -0.480 e. The van der Waals surface area contributed by atoms with Crippen LogP contribution in [0.15, 0.2) is 36.4 Å². The molecule has 0 aliphatic rings. The predicted octanol–water partition coefficient (Wildman–Crippen LogP) is 3.14. The third-order valence-corrected chi connectivity index (χ3v) is 4.72. The van der Waals surface area contributed by atoms with Crippen molar-refractivity contribution in [1.29, 1.82) is 0 Å². The van der Waals surface area contributed by atoms with Gasteiger partial charge in [0.05, 0.1) is 5.52 Å². The van der Waals surface area contributed by atoms with Crippen LogP contribution in [0.5, 0.6) is 0 Å². The first kappa shape index (κ1) is 21.4. The third-order valence-electron chi connectivity index (χ3n) is 4.72. The molecule has 9 heteroatoms. The molecule has 158 valence electrons. The summed E-state index contributed by atoms with van der Waals surface area (Å²) in [5, 5.41) is 20.5. The van der Waals surface area contributed by atoms with Crippen LogP contribution in [-0.4, -0.2) is 39.7 Å². The smallest absolute Gasteiger partial charge is 0.326 e. The molecule has 1 amide bonds. The fourth-order valence-corrected chi connectivity index (χ4v) is 3.29. The van der Waals surface area contributed by atoms with Gasteiger partial charge in [0.25, 0.3) is 0 Å². The van der Waals surface area contributed by atoms with Crippen molar-refractivity contribution >= 4 is 22.8 Å². The lowest BCUT2D eigenvalue weighted by molar-refractivity contribution is -0.142. The molecule has 1 heterocycles. The number of aromatic nitrogens is 1. The number of carbonyl (C=O) groups is 2. The number of fused-ring (bicyclic) bond motifs is 1. The second kappa shape index (κ2) is 9.00. The summed E-state index contributed by atoms with van der Waals surface area (Å²) in [6.07, 6.45) is -0.257. The van der Waals surface area contributed by atoms with Gasteiger partial charge in [0.2, 0.25) is 5.91 Å². The van der Waals surface area contributed by atoms with Gasteiger partial charge >= 0.3 is 5.97 Å². The van der Waals surface area contributed by atoms with E-state index in [-0.39, 0.29) is 30.2 Å². The number of hydrogen-bond donors (Lipinski definition) is 4. The number of halogens is 3. The summed E-state index contributed by atoms with van der Waals surface area (Å²) >= 11 is 0. The quantitative estimate of drug-likeness (QED) is 0.450. The van der Waals surface area contributed by atoms with Crippen LogP contribution in [0.4, 0.5) is 13.2 Å². The molecule has 0 radical (unpaired) electrons. The molecule has 0 saturated carbocycles. The van der Waals surface area contributed by atoms with Crippen LogP contribution in [-0.2, 0) is 16.0 Å². The Kier molecular flexibility index (Phi) is 6.41. The number of carboxylic acid groups (broad SMARTS) is 1. The molecule has 0 aliphatic heterocycles.